The Morgan fingerprint density at radius 3 is 2.33 bits per heavy atom. The molecule has 2 aliphatic heterocycles. The van der Waals surface area contributed by atoms with Gasteiger partial charge in [-0.05, 0) is 42.5 Å². The molecule has 2 aromatic rings. The number of esters is 2. The van der Waals surface area contributed by atoms with Crippen LogP contribution in [-0.4, -0.2) is 43.3 Å². The molecule has 0 aromatic heterocycles. The first-order valence-electron chi connectivity index (χ1n) is 8.97. The largest absolute Gasteiger partial charge is 0.508 e. The number of hydrogen-bond donors (Lipinski definition) is 1. The van der Waals surface area contributed by atoms with Gasteiger partial charge in [0, 0.05) is 5.69 Å². The van der Waals surface area contributed by atoms with E-state index in [1.807, 2.05) is 0 Å². The van der Waals surface area contributed by atoms with Crippen molar-refractivity contribution in [2.24, 2.45) is 0 Å². The molecule has 0 aliphatic carbocycles. The van der Waals surface area contributed by atoms with E-state index in [1.165, 1.54) is 49.5 Å². The van der Waals surface area contributed by atoms with Crippen molar-refractivity contribution in [2.45, 2.75) is 6.23 Å². The van der Waals surface area contributed by atoms with Crippen LogP contribution in [0.3, 0.4) is 0 Å². The van der Waals surface area contributed by atoms with Crippen molar-refractivity contribution in [3.05, 3.63) is 77.0 Å². The van der Waals surface area contributed by atoms with Crippen molar-refractivity contribution < 1.29 is 33.7 Å². The molecule has 152 valence electrons. The molecule has 1 atom stereocenters. The lowest BCUT2D eigenvalue weighted by atomic mass is 9.91. The number of phenols is 1. The van der Waals surface area contributed by atoms with Gasteiger partial charge in [0.1, 0.15) is 17.2 Å². The number of carbonyl (C=O) groups is 3. The summed E-state index contributed by atoms with van der Waals surface area (Å²) < 4.78 is 15.8. The molecule has 2 aliphatic rings. The molecule has 0 amide bonds. The fourth-order valence-corrected chi connectivity index (χ4v) is 3.46. The second kappa shape index (κ2) is 7.40. The highest BCUT2D eigenvalue weighted by Crippen LogP contribution is 2.40. The van der Waals surface area contributed by atoms with Crippen molar-refractivity contribution in [2.75, 3.05) is 19.1 Å². The van der Waals surface area contributed by atoms with E-state index in [1.54, 1.807) is 24.3 Å². The topological polar surface area (TPSA) is 102 Å². The van der Waals surface area contributed by atoms with Crippen LogP contribution in [0.25, 0.3) is 0 Å². The van der Waals surface area contributed by atoms with Crippen LogP contribution < -0.4 is 9.64 Å². The Kier molecular flexibility index (Phi) is 4.75. The maximum Gasteiger partial charge on any atom is 0.355 e. The Hall–Kier alpha value is -4.07. The van der Waals surface area contributed by atoms with E-state index in [0.717, 1.165) is 0 Å². The maximum atomic E-state index is 13.2. The fraction of sp³-hybridized carbons (Fsp3) is 0.136. The van der Waals surface area contributed by atoms with Crippen LogP contribution in [0.5, 0.6) is 11.5 Å². The van der Waals surface area contributed by atoms with E-state index in [9.17, 15) is 19.5 Å². The van der Waals surface area contributed by atoms with E-state index < -0.39 is 18.2 Å². The summed E-state index contributed by atoms with van der Waals surface area (Å²) in [6, 6.07) is 12.6. The summed E-state index contributed by atoms with van der Waals surface area (Å²) in [5.41, 5.74) is 0.625. The van der Waals surface area contributed by atoms with Gasteiger partial charge < -0.3 is 19.3 Å². The molecule has 0 bridgehead atoms. The number of phenolic OH excluding ortho intramolecular Hbond substituents is 1. The third kappa shape index (κ3) is 2.98. The van der Waals surface area contributed by atoms with Gasteiger partial charge in [-0.1, -0.05) is 12.1 Å². The van der Waals surface area contributed by atoms with E-state index in [-0.39, 0.29) is 28.4 Å². The Morgan fingerprint density at radius 2 is 1.67 bits per heavy atom. The van der Waals surface area contributed by atoms with Gasteiger partial charge in [-0.2, -0.15) is 0 Å². The molecule has 2 heterocycles. The first kappa shape index (κ1) is 19.3. The number of Topliss-reactive ketones (excluding diaryl/α,β-unsaturated/α-hetero) is 1. The number of hydrogen-bond acceptors (Lipinski definition) is 8. The predicted molar refractivity (Wildman–Crippen MR) is 105 cm³/mol. The van der Waals surface area contributed by atoms with Crippen LogP contribution in [0.2, 0.25) is 0 Å². The molecule has 8 heteroatoms. The molecular weight excluding hydrogens is 390 g/mol. The van der Waals surface area contributed by atoms with E-state index in [0.29, 0.717) is 17.0 Å². The quantitative estimate of drug-likeness (QED) is 0.774. The highest BCUT2D eigenvalue weighted by atomic mass is 16.5. The standard InChI is InChI=1S/C22H17NO7/c1-28-21(26)15-11-16-19(25)14-5-3-4-6-17(14)30-20(16)23(18(15)22(27)29-2)12-7-9-13(24)10-8-12/h3-11,20,24H,1-2H3. The van der Waals surface area contributed by atoms with Gasteiger partial charge >= 0.3 is 11.9 Å². The van der Waals surface area contributed by atoms with Crippen molar-refractivity contribution >= 4 is 23.4 Å². The summed E-state index contributed by atoms with van der Waals surface area (Å²) in [5.74, 6) is -1.60. The molecule has 0 fully saturated rings. The second-order valence-electron chi connectivity index (χ2n) is 6.53. The highest BCUT2D eigenvalue weighted by molar-refractivity contribution is 6.16. The Bertz CT molecular complexity index is 1110. The fourth-order valence-electron chi connectivity index (χ4n) is 3.46. The molecule has 1 unspecified atom stereocenters. The minimum atomic E-state index is -1.03. The van der Waals surface area contributed by atoms with Gasteiger partial charge in [-0.3, -0.25) is 9.69 Å². The third-order valence-corrected chi connectivity index (χ3v) is 4.84. The maximum absolute atomic E-state index is 13.2. The number of fused-ring (bicyclic) bond motifs is 2. The zero-order valence-corrected chi connectivity index (χ0v) is 16.1. The molecular formula is C22H17NO7. The van der Waals surface area contributed by atoms with Crippen LogP contribution in [-0.2, 0) is 19.1 Å². The lowest BCUT2D eigenvalue weighted by molar-refractivity contribution is -0.139. The van der Waals surface area contributed by atoms with Crippen LogP contribution in [0.1, 0.15) is 10.4 Å². The predicted octanol–water partition coefficient (Wildman–Crippen LogP) is 2.34. The number of carbonyl (C=O) groups excluding carboxylic acids is 3. The number of ether oxygens (including phenoxy) is 3. The van der Waals surface area contributed by atoms with Gasteiger partial charge in [0.15, 0.2) is 5.78 Å². The Labute approximate surface area is 171 Å². The average Bonchev–Trinajstić information content (AvgIpc) is 2.78. The lowest BCUT2D eigenvalue weighted by Gasteiger charge is -2.40. The van der Waals surface area contributed by atoms with E-state index in [4.69, 9.17) is 14.2 Å². The van der Waals surface area contributed by atoms with Crippen LogP contribution >= 0.6 is 0 Å². The summed E-state index contributed by atoms with van der Waals surface area (Å²) in [5, 5.41) is 9.67. The van der Waals surface area contributed by atoms with E-state index in [2.05, 4.69) is 0 Å². The van der Waals surface area contributed by atoms with E-state index >= 15 is 0 Å². The third-order valence-electron chi connectivity index (χ3n) is 4.84. The molecule has 0 radical (unpaired) electrons. The number of rotatable bonds is 3. The molecule has 1 N–H and O–H groups in total. The van der Waals surface area contributed by atoms with Crippen molar-refractivity contribution in [1.82, 2.24) is 0 Å². The Balaban J connectivity index is 1.99. The molecule has 0 spiro atoms. The zero-order chi connectivity index (χ0) is 21.4. The van der Waals surface area contributed by atoms with Crippen molar-refractivity contribution in [1.29, 1.82) is 0 Å². The first-order chi connectivity index (χ1) is 14.5. The molecule has 4 rings (SSSR count). The van der Waals surface area contributed by atoms with Gasteiger partial charge in [0.05, 0.1) is 30.9 Å². The van der Waals surface area contributed by atoms with Gasteiger partial charge in [-0.15, -0.1) is 0 Å². The SMILES string of the molecule is COC(=O)C1=C(C(=O)OC)N(c2ccc(O)cc2)C2Oc3ccccc3C(=O)C2=C1. The molecule has 0 saturated carbocycles. The second-order valence-corrected chi connectivity index (χ2v) is 6.53. The number of aromatic hydroxyl groups is 1. The number of methoxy groups -OCH3 is 2. The van der Waals surface area contributed by atoms with Gasteiger partial charge in [0.25, 0.3) is 0 Å². The number of benzene rings is 2. The van der Waals surface area contributed by atoms with Crippen molar-refractivity contribution in [3.63, 3.8) is 0 Å². The normalized spacial score (nSPS) is 17.4. The molecule has 2 aromatic carbocycles. The summed E-state index contributed by atoms with van der Waals surface area (Å²) in [6.45, 7) is 0. The van der Waals surface area contributed by atoms with Crippen LogP contribution in [0.4, 0.5) is 5.69 Å². The minimum Gasteiger partial charge on any atom is -0.508 e. The smallest absolute Gasteiger partial charge is 0.355 e. The summed E-state index contributed by atoms with van der Waals surface area (Å²) >= 11 is 0. The number of nitrogens with zero attached hydrogens (tertiary/aromatic N) is 1. The van der Waals surface area contributed by atoms with Gasteiger partial charge in [0.2, 0.25) is 6.23 Å². The number of para-hydroxylation sites is 1. The Morgan fingerprint density at radius 1 is 1.00 bits per heavy atom. The van der Waals surface area contributed by atoms with Crippen molar-refractivity contribution in [3.8, 4) is 11.5 Å². The molecule has 30 heavy (non-hydrogen) atoms. The highest BCUT2D eigenvalue weighted by Gasteiger charge is 2.44. The molecule has 8 nitrogen and oxygen atoms in total. The molecule has 0 saturated heterocycles. The first-order valence-corrected chi connectivity index (χ1v) is 8.97. The van der Waals surface area contributed by atoms with Crippen LogP contribution in [0, 0.1) is 0 Å². The summed E-state index contributed by atoms with van der Waals surface area (Å²) in [7, 11) is 2.36. The number of anilines is 1. The van der Waals surface area contributed by atoms with Gasteiger partial charge in [-0.25, -0.2) is 9.59 Å². The minimum absolute atomic E-state index is 0.00861. The number of ketones is 1. The summed E-state index contributed by atoms with van der Waals surface area (Å²) in [4.78, 5) is 39.8. The average molecular weight is 407 g/mol. The summed E-state index contributed by atoms with van der Waals surface area (Å²) in [6.07, 6.45) is 0.275. The lowest BCUT2D eigenvalue weighted by Crippen LogP contribution is -2.49. The monoisotopic (exact) mass is 407 g/mol. The zero-order valence-electron chi connectivity index (χ0n) is 16.1. The van der Waals surface area contributed by atoms with Crippen LogP contribution in [0.15, 0.2) is 71.5 Å².